The van der Waals surface area contributed by atoms with Gasteiger partial charge in [-0.3, -0.25) is 0 Å². The zero-order valence-electron chi connectivity index (χ0n) is 10.9. The molecule has 0 saturated heterocycles. The number of nitrogens with one attached hydrogen (secondary N) is 2. The molecule has 0 saturated carbocycles. The van der Waals surface area contributed by atoms with Gasteiger partial charge in [-0.25, -0.2) is 18.1 Å². The minimum Gasteiger partial charge on any atom is -0.399 e. The highest BCUT2D eigenvalue weighted by molar-refractivity contribution is 9.11. The van der Waals surface area contributed by atoms with Crippen LogP contribution in [0.2, 0.25) is 0 Å². The first-order chi connectivity index (χ1) is 9.90. The van der Waals surface area contributed by atoms with Gasteiger partial charge in [0, 0.05) is 40.0 Å². The summed E-state index contributed by atoms with van der Waals surface area (Å²) >= 11 is 6.46. The van der Waals surface area contributed by atoms with Gasteiger partial charge in [-0.15, -0.1) is 0 Å². The van der Waals surface area contributed by atoms with E-state index in [-0.39, 0.29) is 4.90 Å². The summed E-state index contributed by atoms with van der Waals surface area (Å²) in [6.07, 6.45) is 4.74. The quantitative estimate of drug-likeness (QED) is 0.477. The van der Waals surface area contributed by atoms with Crippen molar-refractivity contribution in [3.8, 4) is 0 Å². The molecule has 0 aliphatic rings. The number of hydrogen-bond acceptors (Lipinski definition) is 4. The van der Waals surface area contributed by atoms with E-state index in [0.717, 1.165) is 5.82 Å². The number of sulfonamides is 1. The second-order valence-corrected chi connectivity index (χ2v) is 7.76. The zero-order chi connectivity index (χ0) is 15.5. The Kier molecular flexibility index (Phi) is 5.42. The van der Waals surface area contributed by atoms with E-state index in [0.29, 0.717) is 34.0 Å². The number of nitrogen functional groups attached to an aromatic ring is 1. The first-order valence-corrected chi connectivity index (χ1v) is 9.19. The highest BCUT2D eigenvalue weighted by atomic mass is 79.9. The fourth-order valence-electron chi connectivity index (χ4n) is 1.81. The molecule has 1 heterocycles. The molecule has 0 unspecified atom stereocenters. The molecule has 1 aromatic heterocycles. The van der Waals surface area contributed by atoms with Crippen LogP contribution in [0, 0.1) is 0 Å². The standard InChI is InChI=1S/C12H14Br2N4O2S/c13-9-6-8(15)7-10(14)12(9)21(19,20)18-3-1-2-11-16-4-5-17-11/h4-7,18H,1-3,15H2,(H,16,17). The molecule has 0 amide bonds. The molecule has 1 aromatic carbocycles. The van der Waals surface area contributed by atoms with Crippen molar-refractivity contribution in [1.82, 2.24) is 14.7 Å². The monoisotopic (exact) mass is 436 g/mol. The van der Waals surface area contributed by atoms with Crippen LogP contribution in [0.4, 0.5) is 5.69 Å². The molecule has 0 atom stereocenters. The number of rotatable bonds is 6. The molecule has 4 N–H and O–H groups in total. The third-order valence-corrected chi connectivity index (χ3v) is 6.06. The van der Waals surface area contributed by atoms with Crippen LogP contribution in [-0.4, -0.2) is 24.9 Å². The number of benzene rings is 1. The van der Waals surface area contributed by atoms with Crippen molar-refractivity contribution in [3.05, 3.63) is 39.3 Å². The summed E-state index contributed by atoms with van der Waals surface area (Å²) in [5, 5.41) is 0. The number of imidazole rings is 1. The summed E-state index contributed by atoms with van der Waals surface area (Å²) in [6.45, 7) is 0.326. The molecule has 2 aromatic rings. The molecule has 0 spiro atoms. The lowest BCUT2D eigenvalue weighted by Gasteiger charge is -2.11. The Hall–Kier alpha value is -0.900. The van der Waals surface area contributed by atoms with E-state index in [1.165, 1.54) is 0 Å². The lowest BCUT2D eigenvalue weighted by molar-refractivity contribution is 0.577. The van der Waals surface area contributed by atoms with Gasteiger partial charge in [-0.2, -0.15) is 0 Å². The Bertz CT molecular complexity index is 694. The number of hydrogen-bond donors (Lipinski definition) is 3. The Morgan fingerprint density at radius 3 is 2.52 bits per heavy atom. The first-order valence-electron chi connectivity index (χ1n) is 6.12. The molecule has 0 radical (unpaired) electrons. The summed E-state index contributed by atoms with van der Waals surface area (Å²) in [7, 11) is -3.61. The van der Waals surface area contributed by atoms with Crippen molar-refractivity contribution in [3.63, 3.8) is 0 Å². The predicted octanol–water partition coefficient (Wildman–Crippen LogP) is 2.43. The summed E-state index contributed by atoms with van der Waals surface area (Å²) in [5.41, 5.74) is 6.14. The molecule has 9 heteroatoms. The van der Waals surface area contributed by atoms with E-state index < -0.39 is 10.0 Å². The molecule has 0 fully saturated rings. The average molecular weight is 438 g/mol. The van der Waals surface area contributed by atoms with Gasteiger partial charge >= 0.3 is 0 Å². The molecule has 2 rings (SSSR count). The van der Waals surface area contributed by atoms with Crippen molar-refractivity contribution < 1.29 is 8.42 Å². The molecular formula is C12H14Br2N4O2S. The van der Waals surface area contributed by atoms with Gasteiger partial charge < -0.3 is 10.7 Å². The summed E-state index contributed by atoms with van der Waals surface area (Å²) < 4.78 is 28.0. The maximum Gasteiger partial charge on any atom is 0.242 e. The van der Waals surface area contributed by atoms with E-state index in [4.69, 9.17) is 5.73 Å². The van der Waals surface area contributed by atoms with Crippen LogP contribution in [0.25, 0.3) is 0 Å². The van der Waals surface area contributed by atoms with Crippen LogP contribution < -0.4 is 10.5 Å². The van der Waals surface area contributed by atoms with Crippen LogP contribution >= 0.6 is 31.9 Å². The fraction of sp³-hybridized carbons (Fsp3) is 0.250. The van der Waals surface area contributed by atoms with E-state index in [2.05, 4.69) is 46.5 Å². The van der Waals surface area contributed by atoms with E-state index >= 15 is 0 Å². The van der Waals surface area contributed by atoms with E-state index in [1.54, 1.807) is 24.5 Å². The SMILES string of the molecule is Nc1cc(Br)c(S(=O)(=O)NCCCc2ncc[nH]2)c(Br)c1. The van der Waals surface area contributed by atoms with Crippen LogP contribution in [0.5, 0.6) is 0 Å². The number of aromatic amines is 1. The molecule has 0 aliphatic carbocycles. The van der Waals surface area contributed by atoms with Gasteiger partial charge in [0.2, 0.25) is 10.0 Å². The molecule has 0 bridgehead atoms. The van der Waals surface area contributed by atoms with Crippen molar-refractivity contribution >= 4 is 47.6 Å². The second-order valence-electron chi connectivity index (χ2n) is 4.35. The lowest BCUT2D eigenvalue weighted by Crippen LogP contribution is -2.26. The maximum absolute atomic E-state index is 12.3. The first kappa shape index (κ1) is 16.5. The topological polar surface area (TPSA) is 101 Å². The summed E-state index contributed by atoms with van der Waals surface area (Å²) in [4.78, 5) is 7.21. The number of aromatic nitrogens is 2. The van der Waals surface area contributed by atoms with Gasteiger partial charge in [-0.05, 0) is 50.4 Å². The Morgan fingerprint density at radius 2 is 1.95 bits per heavy atom. The van der Waals surface area contributed by atoms with Gasteiger partial charge in [0.25, 0.3) is 0 Å². The van der Waals surface area contributed by atoms with Gasteiger partial charge in [-0.1, -0.05) is 0 Å². The molecule has 114 valence electrons. The number of nitrogens with two attached hydrogens (primary N) is 1. The predicted molar refractivity (Wildman–Crippen MR) is 88.4 cm³/mol. The van der Waals surface area contributed by atoms with Gasteiger partial charge in [0.05, 0.1) is 0 Å². The van der Waals surface area contributed by atoms with Gasteiger partial charge in [0.1, 0.15) is 10.7 Å². The smallest absolute Gasteiger partial charge is 0.242 e. The van der Waals surface area contributed by atoms with Crippen molar-refractivity contribution in [2.45, 2.75) is 17.7 Å². The third kappa shape index (κ3) is 4.29. The van der Waals surface area contributed by atoms with Crippen LogP contribution in [0.3, 0.4) is 0 Å². The van der Waals surface area contributed by atoms with Crippen LogP contribution in [0.15, 0.2) is 38.4 Å². The molecule has 6 nitrogen and oxygen atoms in total. The van der Waals surface area contributed by atoms with E-state index in [1.807, 2.05) is 0 Å². The second kappa shape index (κ2) is 6.91. The Morgan fingerprint density at radius 1 is 1.29 bits per heavy atom. The highest BCUT2D eigenvalue weighted by Crippen LogP contribution is 2.32. The largest absolute Gasteiger partial charge is 0.399 e. The number of anilines is 1. The lowest BCUT2D eigenvalue weighted by atomic mass is 10.3. The molecular weight excluding hydrogens is 424 g/mol. The number of nitrogens with zero attached hydrogens (tertiary/aromatic N) is 1. The normalized spacial score (nSPS) is 11.7. The Balaban J connectivity index is 2.02. The summed E-state index contributed by atoms with van der Waals surface area (Å²) in [6, 6.07) is 3.12. The molecule has 0 aliphatic heterocycles. The number of H-pyrrole nitrogens is 1. The number of aryl methyl sites for hydroxylation is 1. The minimum atomic E-state index is -3.61. The fourth-order valence-corrected chi connectivity index (χ4v) is 5.49. The highest BCUT2D eigenvalue weighted by Gasteiger charge is 2.21. The number of halogens is 2. The Labute approximate surface area is 139 Å². The minimum absolute atomic E-state index is 0.148. The van der Waals surface area contributed by atoms with E-state index in [9.17, 15) is 8.42 Å². The summed E-state index contributed by atoms with van der Waals surface area (Å²) in [5.74, 6) is 0.837. The third-order valence-electron chi connectivity index (χ3n) is 2.73. The van der Waals surface area contributed by atoms with Crippen LogP contribution in [-0.2, 0) is 16.4 Å². The van der Waals surface area contributed by atoms with Crippen molar-refractivity contribution in [2.24, 2.45) is 0 Å². The van der Waals surface area contributed by atoms with Crippen LogP contribution in [0.1, 0.15) is 12.2 Å². The molecule has 21 heavy (non-hydrogen) atoms. The average Bonchev–Trinajstić information content (AvgIpc) is 2.86. The van der Waals surface area contributed by atoms with Crippen molar-refractivity contribution in [2.75, 3.05) is 12.3 Å². The maximum atomic E-state index is 12.3. The van der Waals surface area contributed by atoms with Gasteiger partial charge in [0.15, 0.2) is 0 Å². The zero-order valence-corrected chi connectivity index (χ0v) is 14.9. The van der Waals surface area contributed by atoms with Crippen molar-refractivity contribution in [1.29, 1.82) is 0 Å².